The smallest absolute Gasteiger partial charge is 0.265 e. The number of fused-ring (bicyclic) bond motifs is 1. The normalized spacial score (nSPS) is 19.6. The van der Waals surface area contributed by atoms with Crippen LogP contribution in [0.25, 0.3) is 0 Å². The quantitative estimate of drug-likeness (QED) is 0.812. The lowest BCUT2D eigenvalue weighted by Crippen LogP contribution is -2.40. The summed E-state index contributed by atoms with van der Waals surface area (Å²) in [6.45, 7) is 4.63. The monoisotopic (exact) mass is 395 g/mol. The molecule has 1 aromatic carbocycles. The predicted molar refractivity (Wildman–Crippen MR) is 100 cm³/mol. The van der Waals surface area contributed by atoms with Gasteiger partial charge in [0.05, 0.1) is 17.1 Å². The first-order valence-electron chi connectivity index (χ1n) is 9.10. The number of likely N-dealkylation sites (tertiary alicyclic amines) is 1. The van der Waals surface area contributed by atoms with Crippen LogP contribution in [-0.4, -0.2) is 62.2 Å². The van der Waals surface area contributed by atoms with Crippen LogP contribution in [-0.2, 0) is 19.6 Å². The number of benzene rings is 1. The van der Waals surface area contributed by atoms with Gasteiger partial charge in [-0.05, 0) is 37.8 Å². The molecule has 0 spiro atoms. The van der Waals surface area contributed by atoms with E-state index < -0.39 is 16.1 Å². The Morgan fingerprint density at radius 1 is 1.33 bits per heavy atom. The zero-order chi connectivity index (χ0) is 19.8. The van der Waals surface area contributed by atoms with Crippen molar-refractivity contribution in [3.8, 4) is 5.75 Å². The summed E-state index contributed by atoms with van der Waals surface area (Å²) in [5, 5.41) is 2.75. The molecule has 2 aliphatic rings. The first-order valence-corrected chi connectivity index (χ1v) is 10.5. The standard InChI is InChI=1S/C18H25N3O5S/c1-4-14-18(23)19-13-9-12(2)16(10-15(13)26-14)27(24,25)20(3)11-17(22)21-7-5-6-8-21/h9-10,14H,4-8,11H2,1-3H3,(H,19,23)/t14-/m1/s1. The molecule has 27 heavy (non-hydrogen) atoms. The van der Waals surface area contributed by atoms with Gasteiger partial charge in [0.1, 0.15) is 5.75 Å². The summed E-state index contributed by atoms with van der Waals surface area (Å²) in [5.74, 6) is -0.109. The van der Waals surface area contributed by atoms with Crippen molar-refractivity contribution in [2.24, 2.45) is 0 Å². The van der Waals surface area contributed by atoms with E-state index in [-0.39, 0.29) is 23.3 Å². The highest BCUT2D eigenvalue weighted by Gasteiger charge is 2.31. The molecular formula is C18H25N3O5S. The average molecular weight is 395 g/mol. The fourth-order valence-electron chi connectivity index (χ4n) is 3.34. The number of likely N-dealkylation sites (N-methyl/N-ethyl adjacent to an activating group) is 1. The molecule has 9 heteroatoms. The molecule has 1 N–H and O–H groups in total. The maximum Gasteiger partial charge on any atom is 0.265 e. The number of hydrogen-bond acceptors (Lipinski definition) is 5. The van der Waals surface area contributed by atoms with Gasteiger partial charge in [0.25, 0.3) is 5.91 Å². The summed E-state index contributed by atoms with van der Waals surface area (Å²) < 4.78 is 32.8. The van der Waals surface area contributed by atoms with E-state index in [2.05, 4.69) is 5.32 Å². The van der Waals surface area contributed by atoms with Crippen molar-refractivity contribution in [2.75, 3.05) is 32.0 Å². The van der Waals surface area contributed by atoms with Gasteiger partial charge in [-0.2, -0.15) is 4.31 Å². The Balaban J connectivity index is 1.85. The lowest BCUT2D eigenvalue weighted by Gasteiger charge is -2.27. The number of ether oxygens (including phenoxy) is 1. The fourth-order valence-corrected chi connectivity index (χ4v) is 4.68. The fraction of sp³-hybridized carbons (Fsp3) is 0.556. The zero-order valence-corrected chi connectivity index (χ0v) is 16.6. The van der Waals surface area contributed by atoms with Crippen LogP contribution in [0.5, 0.6) is 5.75 Å². The Morgan fingerprint density at radius 3 is 2.63 bits per heavy atom. The molecule has 1 fully saturated rings. The Labute approximate surface area is 159 Å². The SMILES string of the molecule is CC[C@H]1Oc2cc(S(=O)(=O)N(C)CC(=O)N3CCCC3)c(C)cc2NC1=O. The van der Waals surface area contributed by atoms with Crippen LogP contribution in [0.15, 0.2) is 17.0 Å². The van der Waals surface area contributed by atoms with E-state index in [1.165, 1.54) is 13.1 Å². The van der Waals surface area contributed by atoms with Gasteiger partial charge in [0.2, 0.25) is 15.9 Å². The van der Waals surface area contributed by atoms with Crippen molar-refractivity contribution >= 4 is 27.5 Å². The van der Waals surface area contributed by atoms with Crippen molar-refractivity contribution in [3.63, 3.8) is 0 Å². The van der Waals surface area contributed by atoms with Crippen molar-refractivity contribution in [1.82, 2.24) is 9.21 Å². The van der Waals surface area contributed by atoms with Crippen LogP contribution >= 0.6 is 0 Å². The Hall–Kier alpha value is -2.13. The van der Waals surface area contributed by atoms with Gasteiger partial charge in [-0.1, -0.05) is 6.92 Å². The highest BCUT2D eigenvalue weighted by atomic mass is 32.2. The second-order valence-electron chi connectivity index (χ2n) is 6.97. The summed E-state index contributed by atoms with van der Waals surface area (Å²) >= 11 is 0. The van der Waals surface area contributed by atoms with Crippen molar-refractivity contribution in [1.29, 1.82) is 0 Å². The molecule has 148 valence electrons. The van der Waals surface area contributed by atoms with Gasteiger partial charge >= 0.3 is 0 Å². The average Bonchev–Trinajstić information content (AvgIpc) is 3.15. The third-order valence-corrected chi connectivity index (χ3v) is 6.92. The Kier molecular flexibility index (Phi) is 5.43. The molecule has 1 saturated heterocycles. The number of carbonyl (C=O) groups excluding carboxylic acids is 2. The van der Waals surface area contributed by atoms with Crippen molar-refractivity contribution in [3.05, 3.63) is 17.7 Å². The number of rotatable bonds is 5. The van der Waals surface area contributed by atoms with E-state index in [0.717, 1.165) is 17.1 Å². The lowest BCUT2D eigenvalue weighted by molar-refractivity contribution is -0.130. The summed E-state index contributed by atoms with van der Waals surface area (Å²) in [4.78, 5) is 26.0. The third kappa shape index (κ3) is 3.79. The summed E-state index contributed by atoms with van der Waals surface area (Å²) in [5.41, 5.74) is 0.935. The highest BCUT2D eigenvalue weighted by Crippen LogP contribution is 2.35. The first kappa shape index (κ1) is 19.6. The molecule has 0 aliphatic carbocycles. The number of anilines is 1. The Bertz CT molecular complexity index is 862. The number of carbonyl (C=O) groups is 2. The largest absolute Gasteiger partial charge is 0.478 e. The number of amides is 2. The molecule has 1 atom stereocenters. The van der Waals surface area contributed by atoms with Gasteiger partial charge in [0.15, 0.2) is 6.10 Å². The molecule has 2 aliphatic heterocycles. The van der Waals surface area contributed by atoms with Crippen LogP contribution in [0.2, 0.25) is 0 Å². The van der Waals surface area contributed by atoms with Gasteiger partial charge < -0.3 is 15.0 Å². The second kappa shape index (κ2) is 7.47. The van der Waals surface area contributed by atoms with Crippen LogP contribution in [0, 0.1) is 6.92 Å². The molecule has 3 rings (SSSR count). The van der Waals surface area contributed by atoms with Crippen LogP contribution < -0.4 is 10.1 Å². The van der Waals surface area contributed by atoms with Crippen LogP contribution in [0.4, 0.5) is 5.69 Å². The molecule has 2 amide bonds. The molecule has 0 unspecified atom stereocenters. The summed E-state index contributed by atoms with van der Waals surface area (Å²) in [6.07, 6.45) is 1.73. The van der Waals surface area contributed by atoms with E-state index in [9.17, 15) is 18.0 Å². The first-order chi connectivity index (χ1) is 12.7. The molecule has 8 nitrogen and oxygen atoms in total. The molecular weight excluding hydrogens is 370 g/mol. The zero-order valence-electron chi connectivity index (χ0n) is 15.8. The number of aryl methyl sites for hydroxylation is 1. The van der Waals surface area contributed by atoms with Crippen molar-refractivity contribution in [2.45, 2.75) is 44.1 Å². The molecule has 0 aromatic heterocycles. The topological polar surface area (TPSA) is 96.0 Å². The van der Waals surface area contributed by atoms with E-state index in [4.69, 9.17) is 4.74 Å². The van der Waals surface area contributed by atoms with Gasteiger partial charge in [-0.3, -0.25) is 9.59 Å². The Morgan fingerprint density at radius 2 is 2.00 bits per heavy atom. The summed E-state index contributed by atoms with van der Waals surface area (Å²) in [7, 11) is -2.47. The van der Waals surface area contributed by atoms with Crippen LogP contribution in [0.1, 0.15) is 31.7 Å². The molecule has 2 heterocycles. The maximum absolute atomic E-state index is 13.0. The van der Waals surface area contributed by atoms with Gasteiger partial charge in [-0.15, -0.1) is 0 Å². The molecule has 1 aromatic rings. The van der Waals surface area contributed by atoms with E-state index >= 15 is 0 Å². The predicted octanol–water partition coefficient (Wildman–Crippen LogP) is 1.35. The second-order valence-corrected chi connectivity index (χ2v) is 8.98. The van der Waals surface area contributed by atoms with Gasteiger partial charge in [-0.25, -0.2) is 8.42 Å². The van der Waals surface area contributed by atoms with E-state index in [1.807, 2.05) is 6.92 Å². The number of nitrogens with zero attached hydrogens (tertiary/aromatic N) is 2. The third-order valence-electron chi connectivity index (χ3n) is 4.97. The summed E-state index contributed by atoms with van der Waals surface area (Å²) in [6, 6.07) is 3.01. The van der Waals surface area contributed by atoms with E-state index in [1.54, 1.807) is 17.9 Å². The highest BCUT2D eigenvalue weighted by molar-refractivity contribution is 7.89. The van der Waals surface area contributed by atoms with Gasteiger partial charge in [0, 0.05) is 26.2 Å². The van der Waals surface area contributed by atoms with Crippen molar-refractivity contribution < 1.29 is 22.7 Å². The lowest BCUT2D eigenvalue weighted by atomic mass is 10.1. The molecule has 0 radical (unpaired) electrons. The number of nitrogens with one attached hydrogen (secondary N) is 1. The molecule has 0 bridgehead atoms. The number of hydrogen-bond donors (Lipinski definition) is 1. The number of sulfonamides is 1. The molecule has 0 saturated carbocycles. The minimum Gasteiger partial charge on any atom is -0.478 e. The van der Waals surface area contributed by atoms with E-state index in [0.29, 0.717) is 36.5 Å². The minimum absolute atomic E-state index is 0.0731. The maximum atomic E-state index is 13.0. The van der Waals surface area contributed by atoms with Crippen LogP contribution in [0.3, 0.4) is 0 Å². The minimum atomic E-state index is -3.87.